The van der Waals surface area contributed by atoms with E-state index in [0.717, 1.165) is 35.5 Å². The van der Waals surface area contributed by atoms with Crippen molar-refractivity contribution >= 4 is 11.8 Å². The summed E-state index contributed by atoms with van der Waals surface area (Å²) >= 11 is 0. The molecule has 1 fully saturated rings. The lowest BCUT2D eigenvalue weighted by atomic mass is 10.1. The van der Waals surface area contributed by atoms with Gasteiger partial charge in [-0.2, -0.15) is 10.2 Å². The van der Waals surface area contributed by atoms with Gasteiger partial charge in [-0.1, -0.05) is 18.7 Å². The molecule has 0 aliphatic carbocycles. The van der Waals surface area contributed by atoms with Crippen molar-refractivity contribution < 1.29 is 9.59 Å². The molecule has 0 saturated carbocycles. The van der Waals surface area contributed by atoms with E-state index in [1.807, 2.05) is 53.5 Å². The Kier molecular flexibility index (Phi) is 5.94. The van der Waals surface area contributed by atoms with Crippen LogP contribution < -0.4 is 5.32 Å². The number of piperidine rings is 1. The largest absolute Gasteiger partial charge is 0.355 e. The van der Waals surface area contributed by atoms with Crippen LogP contribution in [-0.2, 0) is 4.79 Å². The first-order chi connectivity index (χ1) is 15.4. The Morgan fingerprint density at radius 2 is 1.94 bits per heavy atom. The highest BCUT2D eigenvalue weighted by molar-refractivity contribution is 5.99. The van der Waals surface area contributed by atoms with Gasteiger partial charge in [-0.3, -0.25) is 14.3 Å². The van der Waals surface area contributed by atoms with Crippen molar-refractivity contribution in [3.63, 3.8) is 0 Å². The lowest BCUT2D eigenvalue weighted by molar-refractivity contribution is -0.127. The first-order valence-corrected chi connectivity index (χ1v) is 10.8. The molecule has 1 N–H and O–H groups in total. The van der Waals surface area contributed by atoms with E-state index < -0.39 is 0 Å². The van der Waals surface area contributed by atoms with Crippen LogP contribution in [0.5, 0.6) is 0 Å². The highest BCUT2D eigenvalue weighted by Crippen LogP contribution is 2.28. The molecular weight excluding hydrogens is 404 g/mol. The molecule has 3 aromatic rings. The lowest BCUT2D eigenvalue weighted by Gasteiger charge is -2.32. The second-order valence-electron chi connectivity index (χ2n) is 8.12. The van der Waals surface area contributed by atoms with Crippen LogP contribution in [0.4, 0.5) is 0 Å². The second-order valence-corrected chi connectivity index (χ2v) is 8.12. The molecule has 4 rings (SSSR count). The Labute approximate surface area is 187 Å². The molecule has 1 saturated heterocycles. The van der Waals surface area contributed by atoms with Crippen molar-refractivity contribution in [2.75, 3.05) is 20.1 Å². The highest BCUT2D eigenvalue weighted by atomic mass is 16.2. The highest BCUT2D eigenvalue weighted by Gasteiger charge is 2.26. The molecule has 1 aromatic carbocycles. The summed E-state index contributed by atoms with van der Waals surface area (Å²) in [7, 11) is 1.61. The first kappa shape index (κ1) is 21.5. The summed E-state index contributed by atoms with van der Waals surface area (Å²) < 4.78 is 3.72. The molecule has 0 bridgehead atoms. The number of nitrogens with zero attached hydrogens (tertiary/aromatic N) is 5. The molecule has 1 unspecified atom stereocenters. The predicted molar refractivity (Wildman–Crippen MR) is 123 cm³/mol. The third-order valence-corrected chi connectivity index (χ3v) is 5.86. The zero-order valence-corrected chi connectivity index (χ0v) is 18.7. The van der Waals surface area contributed by atoms with Crippen LogP contribution in [-0.4, -0.2) is 56.4 Å². The van der Waals surface area contributed by atoms with Crippen molar-refractivity contribution in [1.82, 2.24) is 29.8 Å². The number of benzene rings is 1. The SMILES string of the molecule is C=CC(=O)N1CCCC(n2cc(C(=O)NC)c(-c3ccc(-n4nc(C)cc4C)cc3)n2)C1. The summed E-state index contributed by atoms with van der Waals surface area (Å²) in [6.07, 6.45) is 4.91. The van der Waals surface area contributed by atoms with Crippen molar-refractivity contribution in [3.05, 3.63) is 66.1 Å². The van der Waals surface area contributed by atoms with Crippen molar-refractivity contribution in [2.24, 2.45) is 0 Å². The zero-order valence-electron chi connectivity index (χ0n) is 18.7. The van der Waals surface area contributed by atoms with E-state index in [4.69, 9.17) is 5.10 Å². The third kappa shape index (κ3) is 4.08. The van der Waals surface area contributed by atoms with E-state index in [0.29, 0.717) is 24.3 Å². The summed E-state index contributed by atoms with van der Waals surface area (Å²) in [5.74, 6) is -0.267. The minimum absolute atomic E-state index is 0.0128. The van der Waals surface area contributed by atoms with Gasteiger partial charge < -0.3 is 10.2 Å². The number of hydrogen-bond acceptors (Lipinski definition) is 4. The van der Waals surface area contributed by atoms with Gasteiger partial charge >= 0.3 is 0 Å². The number of likely N-dealkylation sites (tertiary alicyclic amines) is 1. The van der Waals surface area contributed by atoms with Gasteiger partial charge in [0.1, 0.15) is 5.69 Å². The number of carbonyl (C=O) groups excluding carboxylic acids is 2. The van der Waals surface area contributed by atoms with E-state index in [-0.39, 0.29) is 17.9 Å². The summed E-state index contributed by atoms with van der Waals surface area (Å²) in [5.41, 5.74) is 4.95. The van der Waals surface area contributed by atoms with E-state index >= 15 is 0 Å². The molecule has 2 aromatic heterocycles. The van der Waals surface area contributed by atoms with Crippen molar-refractivity contribution in [2.45, 2.75) is 32.7 Å². The van der Waals surface area contributed by atoms with Gasteiger partial charge in [-0.15, -0.1) is 0 Å². The van der Waals surface area contributed by atoms with Gasteiger partial charge in [0.2, 0.25) is 5.91 Å². The molecule has 0 radical (unpaired) electrons. The quantitative estimate of drug-likeness (QED) is 0.628. The fourth-order valence-electron chi connectivity index (χ4n) is 4.24. The zero-order chi connectivity index (χ0) is 22.8. The van der Waals surface area contributed by atoms with Gasteiger partial charge in [0.05, 0.1) is 23.0 Å². The standard InChI is InChI=1S/C24H28N6O2/c1-5-22(31)28-12-6-7-20(14-28)29-15-21(24(32)25-4)23(27-29)18-8-10-19(11-9-18)30-17(3)13-16(2)26-30/h5,8-11,13,15,20H,1,6-7,12,14H2,2-4H3,(H,25,32). The number of aromatic nitrogens is 4. The summed E-state index contributed by atoms with van der Waals surface area (Å²) in [5, 5.41) is 12.0. The molecular formula is C24H28N6O2. The van der Waals surface area contributed by atoms with Gasteiger partial charge in [-0.05, 0) is 51.0 Å². The van der Waals surface area contributed by atoms with Crippen LogP contribution in [0, 0.1) is 13.8 Å². The summed E-state index contributed by atoms with van der Waals surface area (Å²) in [4.78, 5) is 26.5. The van der Waals surface area contributed by atoms with Crippen LogP contribution >= 0.6 is 0 Å². The Bertz CT molecular complexity index is 1160. The van der Waals surface area contributed by atoms with E-state index in [2.05, 4.69) is 17.0 Å². The van der Waals surface area contributed by atoms with Crippen LogP contribution in [0.25, 0.3) is 16.9 Å². The van der Waals surface area contributed by atoms with Crippen molar-refractivity contribution in [3.8, 4) is 16.9 Å². The van der Waals surface area contributed by atoms with Crippen LogP contribution in [0.1, 0.15) is 40.6 Å². The number of amides is 2. The fourth-order valence-corrected chi connectivity index (χ4v) is 4.24. The smallest absolute Gasteiger partial charge is 0.254 e. The maximum atomic E-state index is 12.6. The molecule has 0 spiro atoms. The normalized spacial score (nSPS) is 16.1. The minimum Gasteiger partial charge on any atom is -0.355 e. The molecule has 8 nitrogen and oxygen atoms in total. The van der Waals surface area contributed by atoms with Gasteiger partial charge in [-0.25, -0.2) is 4.68 Å². The van der Waals surface area contributed by atoms with E-state index in [1.165, 1.54) is 6.08 Å². The first-order valence-electron chi connectivity index (χ1n) is 10.8. The molecule has 166 valence electrons. The van der Waals surface area contributed by atoms with Crippen LogP contribution in [0.2, 0.25) is 0 Å². The maximum Gasteiger partial charge on any atom is 0.254 e. The Morgan fingerprint density at radius 1 is 1.19 bits per heavy atom. The third-order valence-electron chi connectivity index (χ3n) is 5.86. The summed E-state index contributed by atoms with van der Waals surface area (Å²) in [6, 6.07) is 9.92. The second kappa shape index (κ2) is 8.82. The van der Waals surface area contributed by atoms with Gasteiger partial charge in [0.15, 0.2) is 0 Å². The van der Waals surface area contributed by atoms with E-state index in [1.54, 1.807) is 18.1 Å². The number of aryl methyl sites for hydroxylation is 2. The van der Waals surface area contributed by atoms with Crippen LogP contribution in [0.3, 0.4) is 0 Å². The maximum absolute atomic E-state index is 12.6. The molecule has 8 heteroatoms. The van der Waals surface area contributed by atoms with Crippen LogP contribution in [0.15, 0.2) is 49.2 Å². The molecule has 2 amide bonds. The minimum atomic E-state index is -0.191. The average molecular weight is 433 g/mol. The fraction of sp³-hybridized carbons (Fsp3) is 0.333. The Balaban J connectivity index is 1.67. The monoisotopic (exact) mass is 432 g/mol. The van der Waals surface area contributed by atoms with Gasteiger partial charge in [0, 0.05) is 37.6 Å². The Morgan fingerprint density at radius 3 is 2.56 bits per heavy atom. The van der Waals surface area contributed by atoms with Gasteiger partial charge in [0.25, 0.3) is 5.91 Å². The molecule has 3 heterocycles. The molecule has 32 heavy (non-hydrogen) atoms. The lowest BCUT2D eigenvalue weighted by Crippen LogP contribution is -2.40. The number of carbonyl (C=O) groups is 2. The topological polar surface area (TPSA) is 85.0 Å². The summed E-state index contributed by atoms with van der Waals surface area (Å²) in [6.45, 7) is 8.84. The molecule has 1 aliphatic heterocycles. The predicted octanol–water partition coefficient (Wildman–Crippen LogP) is 3.06. The number of rotatable bonds is 5. The molecule has 1 aliphatic rings. The molecule has 1 atom stereocenters. The van der Waals surface area contributed by atoms with E-state index in [9.17, 15) is 9.59 Å². The Hall–Kier alpha value is -3.68. The number of nitrogens with one attached hydrogen (secondary N) is 1. The average Bonchev–Trinajstić information content (AvgIpc) is 3.41. The van der Waals surface area contributed by atoms with Crippen molar-refractivity contribution in [1.29, 1.82) is 0 Å². The number of hydrogen-bond donors (Lipinski definition) is 1.